The summed E-state index contributed by atoms with van der Waals surface area (Å²) in [6.45, 7) is 12.2. The highest BCUT2D eigenvalue weighted by Gasteiger charge is 2.44. The van der Waals surface area contributed by atoms with Crippen molar-refractivity contribution in [3.63, 3.8) is 0 Å². The molecule has 1 N–H and O–H groups in total. The molecule has 0 spiro atoms. The van der Waals surface area contributed by atoms with Crippen LogP contribution in [-0.4, -0.2) is 47.4 Å². The third-order valence-corrected chi connectivity index (χ3v) is 5.52. The average molecular weight is 406 g/mol. The van der Waals surface area contributed by atoms with E-state index in [1.807, 2.05) is 6.92 Å². The van der Waals surface area contributed by atoms with Crippen LogP contribution in [0.1, 0.15) is 47.5 Å². The summed E-state index contributed by atoms with van der Waals surface area (Å²) >= 11 is 0. The monoisotopic (exact) mass is 406 g/mol. The maximum atomic E-state index is 12.5. The van der Waals surface area contributed by atoms with Gasteiger partial charge in [0.05, 0.1) is 17.9 Å². The minimum absolute atomic E-state index is 0.141. The topological polar surface area (TPSA) is 99.1 Å². The van der Waals surface area contributed by atoms with Crippen LogP contribution in [0.15, 0.2) is 35.5 Å². The van der Waals surface area contributed by atoms with E-state index in [-0.39, 0.29) is 17.9 Å². The normalized spacial score (nSPS) is 34.6. The van der Waals surface area contributed by atoms with E-state index in [1.54, 1.807) is 32.9 Å². The molecule has 1 saturated heterocycles. The van der Waals surface area contributed by atoms with Gasteiger partial charge in [0.2, 0.25) is 0 Å². The third kappa shape index (κ3) is 5.35. The molecule has 1 fully saturated rings. The molecule has 2 aliphatic rings. The molecule has 0 aromatic heterocycles. The van der Waals surface area contributed by atoms with E-state index in [0.717, 1.165) is 0 Å². The van der Waals surface area contributed by atoms with Crippen molar-refractivity contribution < 1.29 is 33.7 Å². The summed E-state index contributed by atoms with van der Waals surface area (Å²) in [5.41, 5.74) is 1.38. The number of hydrogen-bond acceptors (Lipinski definition) is 7. The number of rotatable bonds is 4. The minimum atomic E-state index is -0.921. The van der Waals surface area contributed by atoms with Crippen LogP contribution >= 0.6 is 0 Å². The van der Waals surface area contributed by atoms with Gasteiger partial charge in [-0.3, -0.25) is 9.59 Å². The summed E-state index contributed by atoms with van der Waals surface area (Å²) in [5, 5.41) is 10.6. The van der Waals surface area contributed by atoms with Gasteiger partial charge in [0.15, 0.2) is 0 Å². The summed E-state index contributed by atoms with van der Waals surface area (Å²) in [7, 11) is 0. The lowest BCUT2D eigenvalue weighted by molar-refractivity contribution is -0.154. The first-order valence-electron chi connectivity index (χ1n) is 9.87. The number of carbonyl (C=O) groups excluding carboxylic acids is 3. The first-order chi connectivity index (χ1) is 13.5. The van der Waals surface area contributed by atoms with Gasteiger partial charge >= 0.3 is 17.9 Å². The molecule has 6 atom stereocenters. The van der Waals surface area contributed by atoms with Crippen LogP contribution in [0.3, 0.4) is 0 Å². The molecule has 1 heterocycles. The number of hydrogen-bond donors (Lipinski definition) is 1. The average Bonchev–Trinajstić information content (AvgIpc) is 2.92. The Hall–Kier alpha value is -2.41. The lowest BCUT2D eigenvalue weighted by Crippen LogP contribution is -2.35. The lowest BCUT2D eigenvalue weighted by atomic mass is 9.85. The zero-order valence-corrected chi connectivity index (χ0v) is 17.6. The molecule has 29 heavy (non-hydrogen) atoms. The second kappa shape index (κ2) is 9.39. The molecule has 160 valence electrons. The Morgan fingerprint density at radius 2 is 1.93 bits per heavy atom. The minimum Gasteiger partial charge on any atom is -0.458 e. The number of carbonyl (C=O) groups is 3. The molecule has 0 aromatic carbocycles. The molecule has 1 aliphatic carbocycles. The fraction of sp³-hybridized carbons (Fsp3) is 0.591. The smallest absolute Gasteiger partial charge is 0.334 e. The van der Waals surface area contributed by atoms with Gasteiger partial charge in [-0.25, -0.2) is 4.79 Å². The molecule has 0 amide bonds. The van der Waals surface area contributed by atoms with Gasteiger partial charge < -0.3 is 19.3 Å². The molecule has 7 nitrogen and oxygen atoms in total. The number of fused-ring (bicyclic) bond motifs is 1. The second-order valence-corrected chi connectivity index (χ2v) is 7.80. The highest BCUT2D eigenvalue weighted by atomic mass is 16.6. The Bertz CT molecular complexity index is 748. The number of aliphatic hydroxyl groups is 1. The number of aliphatic hydroxyl groups excluding tert-OH is 1. The van der Waals surface area contributed by atoms with Gasteiger partial charge in [-0.1, -0.05) is 20.4 Å². The molecule has 0 saturated carbocycles. The standard InChI is InChI=1S/C22H30O7/c1-7-11(2)21(25)28-18-8-12(3)16(24)10-17(27-15(6)23)13(4)9-19-20(18)14(5)22(26)29-19/h8-9,11,16-20,24H,5,7,10H2,1-4,6H3/b12-8-,13-9-/t11-,16+,17-,18+,19-,20+/m0/s1. The van der Waals surface area contributed by atoms with Gasteiger partial charge in [-0.2, -0.15) is 0 Å². The van der Waals surface area contributed by atoms with Gasteiger partial charge in [-0.05, 0) is 43.6 Å². The molecule has 0 unspecified atom stereocenters. The fourth-order valence-electron chi connectivity index (χ4n) is 3.41. The van der Waals surface area contributed by atoms with E-state index in [9.17, 15) is 19.5 Å². The van der Waals surface area contributed by atoms with E-state index in [0.29, 0.717) is 17.6 Å². The maximum absolute atomic E-state index is 12.5. The van der Waals surface area contributed by atoms with Crippen molar-refractivity contribution in [2.75, 3.05) is 0 Å². The predicted molar refractivity (Wildman–Crippen MR) is 106 cm³/mol. The van der Waals surface area contributed by atoms with Crippen molar-refractivity contribution >= 4 is 17.9 Å². The highest BCUT2D eigenvalue weighted by Crippen LogP contribution is 2.36. The Balaban J connectivity index is 2.49. The maximum Gasteiger partial charge on any atom is 0.334 e. The summed E-state index contributed by atoms with van der Waals surface area (Å²) in [4.78, 5) is 36.2. The van der Waals surface area contributed by atoms with Gasteiger partial charge in [-0.15, -0.1) is 0 Å². The van der Waals surface area contributed by atoms with Crippen LogP contribution in [0.2, 0.25) is 0 Å². The first-order valence-corrected chi connectivity index (χ1v) is 9.87. The zero-order valence-electron chi connectivity index (χ0n) is 17.6. The van der Waals surface area contributed by atoms with Crippen LogP contribution in [0, 0.1) is 11.8 Å². The molecular weight excluding hydrogens is 376 g/mol. The fourth-order valence-corrected chi connectivity index (χ4v) is 3.41. The van der Waals surface area contributed by atoms with E-state index in [2.05, 4.69) is 6.58 Å². The molecule has 0 aromatic rings. The van der Waals surface area contributed by atoms with E-state index in [4.69, 9.17) is 14.2 Å². The quantitative estimate of drug-likeness (QED) is 0.332. The molecule has 1 aliphatic heterocycles. The van der Waals surface area contributed by atoms with Gasteiger partial charge in [0.1, 0.15) is 18.3 Å². The summed E-state index contributed by atoms with van der Waals surface area (Å²) in [6, 6.07) is 0. The highest BCUT2D eigenvalue weighted by molar-refractivity contribution is 5.91. The largest absolute Gasteiger partial charge is 0.458 e. The van der Waals surface area contributed by atoms with Crippen LogP contribution in [0.25, 0.3) is 0 Å². The van der Waals surface area contributed by atoms with E-state index in [1.165, 1.54) is 6.92 Å². The SMILES string of the molecule is C=C1C(=O)O[C@H]2/C=C(/C)[C@@H](OC(C)=O)C[C@@H](O)/C(C)=C\[C@@H](OC(=O)[C@@H](C)CC)[C@@H]12. The zero-order chi connectivity index (χ0) is 21.9. The lowest BCUT2D eigenvalue weighted by Gasteiger charge is -2.29. The molecule has 0 radical (unpaired) electrons. The van der Waals surface area contributed by atoms with E-state index < -0.39 is 48.2 Å². The molecule has 2 rings (SSSR count). The summed E-state index contributed by atoms with van der Waals surface area (Å²) < 4.78 is 16.5. The van der Waals surface area contributed by atoms with Crippen molar-refractivity contribution in [2.45, 2.75) is 71.9 Å². The Labute approximate surface area is 171 Å². The first kappa shape index (κ1) is 22.9. The Morgan fingerprint density at radius 3 is 2.52 bits per heavy atom. The third-order valence-electron chi connectivity index (χ3n) is 5.52. The van der Waals surface area contributed by atoms with Crippen molar-refractivity contribution in [3.8, 4) is 0 Å². The summed E-state index contributed by atoms with van der Waals surface area (Å²) in [6.07, 6.45) is 0.946. The molecule has 0 bridgehead atoms. The van der Waals surface area contributed by atoms with Crippen molar-refractivity contribution in [2.24, 2.45) is 11.8 Å². The van der Waals surface area contributed by atoms with Crippen LogP contribution in [0.4, 0.5) is 0 Å². The van der Waals surface area contributed by atoms with Crippen molar-refractivity contribution in [3.05, 3.63) is 35.5 Å². The molecular formula is C22H30O7. The van der Waals surface area contributed by atoms with Gasteiger partial charge in [0, 0.05) is 18.9 Å². The Morgan fingerprint density at radius 1 is 1.28 bits per heavy atom. The van der Waals surface area contributed by atoms with Crippen molar-refractivity contribution in [1.82, 2.24) is 0 Å². The van der Waals surface area contributed by atoms with Crippen LogP contribution in [0.5, 0.6) is 0 Å². The van der Waals surface area contributed by atoms with E-state index >= 15 is 0 Å². The van der Waals surface area contributed by atoms with Crippen molar-refractivity contribution in [1.29, 1.82) is 0 Å². The number of esters is 3. The molecule has 7 heteroatoms. The second-order valence-electron chi connectivity index (χ2n) is 7.80. The summed E-state index contributed by atoms with van der Waals surface area (Å²) in [5.74, 6) is -2.37. The van der Waals surface area contributed by atoms with Gasteiger partial charge in [0.25, 0.3) is 0 Å². The Kier molecular flexibility index (Phi) is 7.41. The number of ether oxygens (including phenoxy) is 3. The predicted octanol–water partition coefficient (Wildman–Crippen LogP) is 2.63. The van der Waals surface area contributed by atoms with Crippen LogP contribution < -0.4 is 0 Å². The van der Waals surface area contributed by atoms with Crippen LogP contribution in [-0.2, 0) is 28.6 Å².